The van der Waals surface area contributed by atoms with E-state index >= 15 is 0 Å². The van der Waals surface area contributed by atoms with E-state index in [2.05, 4.69) is 17.5 Å². The zero-order valence-corrected chi connectivity index (χ0v) is 7.79. The second kappa shape index (κ2) is 5.33. The highest BCUT2D eigenvalue weighted by Gasteiger charge is 2.08. The first-order valence-electron chi connectivity index (χ1n) is 4.83. The summed E-state index contributed by atoms with van der Waals surface area (Å²) in [7, 11) is 0. The summed E-state index contributed by atoms with van der Waals surface area (Å²) in [5, 5.41) is 12.3. The van der Waals surface area contributed by atoms with Gasteiger partial charge in [-0.1, -0.05) is 12.2 Å². The Labute approximate surface area is 74.7 Å². The molecule has 0 aromatic heterocycles. The Bertz CT molecular complexity index is 143. The van der Waals surface area contributed by atoms with Crippen LogP contribution in [0.1, 0.15) is 26.2 Å². The van der Waals surface area contributed by atoms with E-state index in [-0.39, 0.29) is 6.10 Å². The number of rotatable bonds is 4. The Morgan fingerprint density at radius 2 is 2.42 bits per heavy atom. The summed E-state index contributed by atoms with van der Waals surface area (Å²) in [6.45, 7) is 3.59. The molecular weight excluding hydrogens is 150 g/mol. The van der Waals surface area contributed by atoms with Gasteiger partial charge >= 0.3 is 0 Å². The highest BCUT2D eigenvalue weighted by molar-refractivity contribution is 4.90. The molecule has 0 saturated carbocycles. The molecule has 2 nitrogen and oxygen atoms in total. The minimum Gasteiger partial charge on any atom is -0.392 e. The van der Waals surface area contributed by atoms with Crippen LogP contribution in [0.4, 0.5) is 0 Å². The third-order valence-electron chi connectivity index (χ3n) is 2.25. The van der Waals surface area contributed by atoms with Crippen LogP contribution in [0.25, 0.3) is 0 Å². The summed E-state index contributed by atoms with van der Waals surface area (Å²) in [4.78, 5) is 0. The SMILES string of the molecule is C[C@@H](O)CNCC1CC=CCC1. The second-order valence-corrected chi connectivity index (χ2v) is 3.66. The van der Waals surface area contributed by atoms with Crippen LogP contribution in [0, 0.1) is 5.92 Å². The van der Waals surface area contributed by atoms with E-state index in [9.17, 15) is 0 Å². The van der Waals surface area contributed by atoms with E-state index in [1.54, 1.807) is 0 Å². The van der Waals surface area contributed by atoms with Crippen LogP contribution in [-0.4, -0.2) is 24.3 Å². The molecule has 0 radical (unpaired) electrons. The lowest BCUT2D eigenvalue weighted by Crippen LogP contribution is -2.29. The maximum atomic E-state index is 9.01. The smallest absolute Gasteiger partial charge is 0.0636 e. The molecule has 2 heteroatoms. The Balaban J connectivity index is 2.03. The average molecular weight is 169 g/mol. The van der Waals surface area contributed by atoms with Gasteiger partial charge in [-0.2, -0.15) is 0 Å². The highest BCUT2D eigenvalue weighted by Crippen LogP contribution is 2.16. The second-order valence-electron chi connectivity index (χ2n) is 3.66. The maximum Gasteiger partial charge on any atom is 0.0636 e. The van der Waals surface area contributed by atoms with Crippen molar-refractivity contribution < 1.29 is 5.11 Å². The summed E-state index contributed by atoms with van der Waals surface area (Å²) in [6, 6.07) is 0. The van der Waals surface area contributed by atoms with Crippen LogP contribution in [0.5, 0.6) is 0 Å². The Morgan fingerprint density at radius 3 is 3.00 bits per heavy atom. The summed E-state index contributed by atoms with van der Waals surface area (Å²) >= 11 is 0. The highest BCUT2D eigenvalue weighted by atomic mass is 16.3. The number of hydrogen-bond acceptors (Lipinski definition) is 2. The predicted octanol–water partition coefficient (Wildman–Crippen LogP) is 1.31. The first kappa shape index (κ1) is 9.75. The van der Waals surface area contributed by atoms with Crippen LogP contribution in [0.3, 0.4) is 0 Å². The Hall–Kier alpha value is -0.340. The van der Waals surface area contributed by atoms with Gasteiger partial charge in [0.1, 0.15) is 0 Å². The fourth-order valence-corrected chi connectivity index (χ4v) is 1.54. The van der Waals surface area contributed by atoms with E-state index < -0.39 is 0 Å². The molecule has 2 atom stereocenters. The van der Waals surface area contributed by atoms with E-state index in [1.807, 2.05) is 6.92 Å². The predicted molar refractivity (Wildman–Crippen MR) is 51.0 cm³/mol. The van der Waals surface area contributed by atoms with Crippen molar-refractivity contribution in [2.45, 2.75) is 32.3 Å². The van der Waals surface area contributed by atoms with E-state index in [4.69, 9.17) is 5.11 Å². The normalized spacial score (nSPS) is 25.7. The molecule has 0 aliphatic heterocycles. The van der Waals surface area contributed by atoms with Crippen LogP contribution in [0.2, 0.25) is 0 Å². The quantitative estimate of drug-likeness (QED) is 0.622. The van der Waals surface area contributed by atoms with Gasteiger partial charge in [-0.15, -0.1) is 0 Å². The maximum absolute atomic E-state index is 9.01. The fraction of sp³-hybridized carbons (Fsp3) is 0.800. The number of hydrogen-bond donors (Lipinski definition) is 2. The van der Waals surface area contributed by atoms with Gasteiger partial charge in [-0.05, 0) is 38.6 Å². The minimum absolute atomic E-state index is 0.218. The van der Waals surface area contributed by atoms with Crippen molar-refractivity contribution in [3.63, 3.8) is 0 Å². The lowest BCUT2D eigenvalue weighted by molar-refractivity contribution is 0.188. The van der Waals surface area contributed by atoms with Crippen molar-refractivity contribution in [3.8, 4) is 0 Å². The van der Waals surface area contributed by atoms with Crippen molar-refractivity contribution in [2.75, 3.05) is 13.1 Å². The van der Waals surface area contributed by atoms with Crippen molar-refractivity contribution in [3.05, 3.63) is 12.2 Å². The number of aliphatic hydroxyl groups excluding tert-OH is 1. The van der Waals surface area contributed by atoms with Gasteiger partial charge in [-0.3, -0.25) is 0 Å². The molecule has 2 N–H and O–H groups in total. The third-order valence-corrected chi connectivity index (χ3v) is 2.25. The van der Waals surface area contributed by atoms with Crippen molar-refractivity contribution in [1.29, 1.82) is 0 Å². The monoisotopic (exact) mass is 169 g/mol. The standard InChI is InChI=1S/C10H19NO/c1-9(12)7-11-8-10-5-3-2-4-6-10/h2-3,9-12H,4-8H2,1H3/t9-,10?/m1/s1. The largest absolute Gasteiger partial charge is 0.392 e. The Morgan fingerprint density at radius 1 is 1.58 bits per heavy atom. The molecule has 0 heterocycles. The fourth-order valence-electron chi connectivity index (χ4n) is 1.54. The van der Waals surface area contributed by atoms with Crippen LogP contribution >= 0.6 is 0 Å². The number of allylic oxidation sites excluding steroid dienone is 2. The molecule has 0 fully saturated rings. The van der Waals surface area contributed by atoms with Gasteiger partial charge in [-0.25, -0.2) is 0 Å². The molecular formula is C10H19NO. The molecule has 12 heavy (non-hydrogen) atoms. The summed E-state index contributed by atoms with van der Waals surface area (Å²) < 4.78 is 0. The first-order valence-corrected chi connectivity index (χ1v) is 4.83. The lowest BCUT2D eigenvalue weighted by atomic mass is 9.94. The van der Waals surface area contributed by atoms with E-state index in [0.29, 0.717) is 0 Å². The lowest BCUT2D eigenvalue weighted by Gasteiger charge is -2.18. The van der Waals surface area contributed by atoms with Gasteiger partial charge < -0.3 is 10.4 Å². The number of nitrogens with one attached hydrogen (secondary N) is 1. The minimum atomic E-state index is -0.218. The van der Waals surface area contributed by atoms with Crippen molar-refractivity contribution in [1.82, 2.24) is 5.32 Å². The molecule has 0 bridgehead atoms. The molecule has 0 aromatic carbocycles. The summed E-state index contributed by atoms with van der Waals surface area (Å²) in [5.41, 5.74) is 0. The van der Waals surface area contributed by atoms with Crippen molar-refractivity contribution >= 4 is 0 Å². The third kappa shape index (κ3) is 3.88. The van der Waals surface area contributed by atoms with Gasteiger partial charge in [0.05, 0.1) is 6.10 Å². The molecule has 1 unspecified atom stereocenters. The molecule has 0 amide bonds. The molecule has 0 spiro atoms. The summed E-state index contributed by atoms with van der Waals surface area (Å²) in [5.74, 6) is 0.786. The van der Waals surface area contributed by atoms with Gasteiger partial charge in [0.2, 0.25) is 0 Å². The first-order chi connectivity index (χ1) is 5.79. The zero-order chi connectivity index (χ0) is 8.81. The van der Waals surface area contributed by atoms with Crippen LogP contribution in [-0.2, 0) is 0 Å². The number of aliphatic hydroxyl groups is 1. The van der Waals surface area contributed by atoms with E-state index in [0.717, 1.165) is 19.0 Å². The van der Waals surface area contributed by atoms with Gasteiger partial charge in [0, 0.05) is 6.54 Å². The molecule has 70 valence electrons. The van der Waals surface area contributed by atoms with Crippen molar-refractivity contribution in [2.24, 2.45) is 5.92 Å². The molecule has 0 aromatic rings. The molecule has 1 aliphatic rings. The summed E-state index contributed by atoms with van der Waals surface area (Å²) in [6.07, 6.45) is 8.02. The van der Waals surface area contributed by atoms with Crippen LogP contribution < -0.4 is 5.32 Å². The van der Waals surface area contributed by atoms with Gasteiger partial charge in [0.25, 0.3) is 0 Å². The van der Waals surface area contributed by atoms with Crippen LogP contribution in [0.15, 0.2) is 12.2 Å². The topological polar surface area (TPSA) is 32.3 Å². The molecule has 1 aliphatic carbocycles. The average Bonchev–Trinajstić information content (AvgIpc) is 2.05. The molecule has 0 saturated heterocycles. The Kier molecular flexibility index (Phi) is 4.33. The van der Waals surface area contributed by atoms with Gasteiger partial charge in [0.15, 0.2) is 0 Å². The zero-order valence-electron chi connectivity index (χ0n) is 7.79. The van der Waals surface area contributed by atoms with E-state index in [1.165, 1.54) is 19.3 Å². The molecule has 1 rings (SSSR count).